The number of ether oxygens (including phenoxy) is 1. The van der Waals surface area contributed by atoms with Crippen LogP contribution in [0.3, 0.4) is 0 Å². The SMILES string of the molecule is CCNC(=O)CNc1nc(Nc2cccc(C(F)(F)F)c2)nc(OCC(F)(F)F)n1. The molecule has 0 saturated heterocycles. The maximum absolute atomic E-state index is 12.8. The van der Waals surface area contributed by atoms with Gasteiger partial charge in [-0.1, -0.05) is 6.07 Å². The molecule has 2 aromatic rings. The van der Waals surface area contributed by atoms with Gasteiger partial charge in [0.05, 0.1) is 12.1 Å². The molecule has 0 atom stereocenters. The van der Waals surface area contributed by atoms with Gasteiger partial charge in [-0.15, -0.1) is 0 Å². The zero-order valence-electron chi connectivity index (χ0n) is 15.4. The number of hydrogen-bond donors (Lipinski definition) is 3. The third-order valence-corrected chi connectivity index (χ3v) is 3.21. The van der Waals surface area contributed by atoms with E-state index in [-0.39, 0.29) is 24.1 Å². The number of rotatable bonds is 8. The van der Waals surface area contributed by atoms with E-state index in [9.17, 15) is 31.1 Å². The Bertz CT molecular complexity index is 874. The predicted molar refractivity (Wildman–Crippen MR) is 93.3 cm³/mol. The molecule has 0 bridgehead atoms. The number of nitrogens with zero attached hydrogens (tertiary/aromatic N) is 3. The van der Waals surface area contributed by atoms with Crippen molar-refractivity contribution in [1.29, 1.82) is 0 Å². The molecule has 0 fully saturated rings. The first-order valence-electron chi connectivity index (χ1n) is 8.37. The summed E-state index contributed by atoms with van der Waals surface area (Å²) >= 11 is 0. The minimum absolute atomic E-state index is 0.0764. The molecule has 0 spiro atoms. The predicted octanol–water partition coefficient (Wildman–Crippen LogP) is 3.12. The van der Waals surface area contributed by atoms with Crippen LogP contribution < -0.4 is 20.7 Å². The average molecular weight is 438 g/mol. The number of aromatic nitrogens is 3. The molecule has 3 N–H and O–H groups in total. The summed E-state index contributed by atoms with van der Waals surface area (Å²) in [5.74, 6) is -1.15. The first-order chi connectivity index (χ1) is 14.0. The molecular formula is C16H16F6N6O2. The van der Waals surface area contributed by atoms with Crippen LogP contribution in [0.4, 0.5) is 43.9 Å². The molecule has 1 aromatic heterocycles. The number of alkyl halides is 6. The Morgan fingerprint density at radius 3 is 2.40 bits per heavy atom. The van der Waals surface area contributed by atoms with E-state index in [1.807, 2.05) is 0 Å². The number of halogens is 6. The van der Waals surface area contributed by atoms with Gasteiger partial charge in [0.2, 0.25) is 17.8 Å². The number of hydrogen-bond acceptors (Lipinski definition) is 7. The Hall–Kier alpha value is -3.32. The molecule has 164 valence electrons. The quantitative estimate of drug-likeness (QED) is 0.545. The van der Waals surface area contributed by atoms with Gasteiger partial charge in [-0.2, -0.15) is 41.3 Å². The smallest absolute Gasteiger partial charge is 0.422 e. The van der Waals surface area contributed by atoms with Crippen molar-refractivity contribution in [2.75, 3.05) is 30.3 Å². The molecule has 8 nitrogen and oxygen atoms in total. The van der Waals surface area contributed by atoms with Crippen molar-refractivity contribution in [2.24, 2.45) is 0 Å². The molecule has 0 saturated carbocycles. The molecular weight excluding hydrogens is 422 g/mol. The highest BCUT2D eigenvalue weighted by molar-refractivity contribution is 5.80. The van der Waals surface area contributed by atoms with E-state index in [1.54, 1.807) is 6.92 Å². The highest BCUT2D eigenvalue weighted by Gasteiger charge is 2.31. The lowest BCUT2D eigenvalue weighted by atomic mass is 10.2. The Balaban J connectivity index is 2.25. The third-order valence-electron chi connectivity index (χ3n) is 3.21. The minimum atomic E-state index is -4.67. The summed E-state index contributed by atoms with van der Waals surface area (Å²) in [7, 11) is 0. The van der Waals surface area contributed by atoms with Crippen LogP contribution in [0.2, 0.25) is 0 Å². The summed E-state index contributed by atoms with van der Waals surface area (Å²) in [6, 6.07) is 3.27. The number of likely N-dealkylation sites (N-methyl/N-ethyl adjacent to an activating group) is 1. The Morgan fingerprint density at radius 1 is 1.07 bits per heavy atom. The summed E-state index contributed by atoms with van der Waals surface area (Å²) in [4.78, 5) is 22.6. The van der Waals surface area contributed by atoms with Gasteiger partial charge in [-0.05, 0) is 25.1 Å². The Kier molecular flexibility index (Phi) is 7.24. The van der Waals surface area contributed by atoms with Crippen molar-refractivity contribution in [3.05, 3.63) is 29.8 Å². The van der Waals surface area contributed by atoms with Crippen molar-refractivity contribution >= 4 is 23.5 Å². The maximum Gasteiger partial charge on any atom is 0.422 e. The number of nitrogens with one attached hydrogen (secondary N) is 3. The molecule has 14 heteroatoms. The lowest BCUT2D eigenvalue weighted by Gasteiger charge is -2.13. The lowest BCUT2D eigenvalue weighted by molar-refractivity contribution is -0.154. The highest BCUT2D eigenvalue weighted by Crippen LogP contribution is 2.31. The molecule has 1 amide bonds. The number of amides is 1. The van der Waals surface area contributed by atoms with E-state index in [4.69, 9.17) is 0 Å². The van der Waals surface area contributed by atoms with Gasteiger partial charge in [-0.3, -0.25) is 4.79 Å². The van der Waals surface area contributed by atoms with Crippen LogP contribution in [0.15, 0.2) is 24.3 Å². The van der Waals surface area contributed by atoms with Gasteiger partial charge in [0.25, 0.3) is 0 Å². The largest absolute Gasteiger partial charge is 0.454 e. The molecule has 0 unspecified atom stereocenters. The summed E-state index contributed by atoms with van der Waals surface area (Å²) in [5, 5.41) is 7.39. The third kappa shape index (κ3) is 7.60. The van der Waals surface area contributed by atoms with Gasteiger partial charge in [0.15, 0.2) is 6.61 Å². The monoisotopic (exact) mass is 438 g/mol. The van der Waals surface area contributed by atoms with E-state index >= 15 is 0 Å². The second kappa shape index (κ2) is 9.45. The average Bonchev–Trinajstić information content (AvgIpc) is 2.64. The number of carbonyl (C=O) groups excluding carboxylic acids is 1. The fourth-order valence-corrected chi connectivity index (χ4v) is 2.02. The van der Waals surface area contributed by atoms with Gasteiger partial charge < -0.3 is 20.7 Å². The molecule has 0 aliphatic heterocycles. The summed E-state index contributed by atoms with van der Waals surface area (Å²) in [6.45, 7) is 0.0242. The van der Waals surface area contributed by atoms with Crippen LogP contribution in [-0.4, -0.2) is 46.7 Å². The van der Waals surface area contributed by atoms with Crippen molar-refractivity contribution in [1.82, 2.24) is 20.3 Å². The topological polar surface area (TPSA) is 101 Å². The van der Waals surface area contributed by atoms with Gasteiger partial charge in [-0.25, -0.2) is 0 Å². The molecule has 2 rings (SSSR count). The van der Waals surface area contributed by atoms with Crippen LogP contribution in [-0.2, 0) is 11.0 Å². The minimum Gasteiger partial charge on any atom is -0.454 e. The lowest BCUT2D eigenvalue weighted by Crippen LogP contribution is -2.30. The van der Waals surface area contributed by atoms with Crippen LogP contribution in [0.1, 0.15) is 12.5 Å². The molecule has 1 heterocycles. The zero-order valence-corrected chi connectivity index (χ0v) is 15.4. The molecule has 0 aliphatic carbocycles. The fraction of sp³-hybridized carbons (Fsp3) is 0.375. The van der Waals surface area contributed by atoms with Crippen molar-refractivity contribution < 1.29 is 35.9 Å². The highest BCUT2D eigenvalue weighted by atomic mass is 19.4. The number of carbonyl (C=O) groups is 1. The second-order valence-corrected chi connectivity index (χ2v) is 5.68. The summed E-state index contributed by atoms with van der Waals surface area (Å²) in [6.07, 6.45) is -9.27. The van der Waals surface area contributed by atoms with Crippen molar-refractivity contribution in [3.63, 3.8) is 0 Å². The van der Waals surface area contributed by atoms with E-state index < -0.39 is 36.4 Å². The molecule has 0 aliphatic rings. The van der Waals surface area contributed by atoms with E-state index in [0.29, 0.717) is 6.54 Å². The molecule has 0 radical (unpaired) electrons. The van der Waals surface area contributed by atoms with Crippen LogP contribution in [0.5, 0.6) is 6.01 Å². The standard InChI is InChI=1S/C16H16F6N6O2/c1-2-23-11(29)7-24-12-26-13(28-14(27-12)30-8-15(17,18)19)25-10-5-3-4-9(6-10)16(20,21)22/h3-6H,2,7-8H2,1H3,(H,23,29)(H2,24,25,26,27,28). The summed E-state index contributed by atoms with van der Waals surface area (Å²) < 4.78 is 80.2. The zero-order chi connectivity index (χ0) is 22.4. The van der Waals surface area contributed by atoms with Gasteiger partial charge in [0, 0.05) is 12.2 Å². The maximum atomic E-state index is 12.8. The van der Waals surface area contributed by atoms with Crippen LogP contribution in [0.25, 0.3) is 0 Å². The number of anilines is 3. The first-order valence-corrected chi connectivity index (χ1v) is 8.37. The van der Waals surface area contributed by atoms with Gasteiger partial charge in [0.1, 0.15) is 0 Å². The van der Waals surface area contributed by atoms with E-state index in [0.717, 1.165) is 18.2 Å². The fourth-order valence-electron chi connectivity index (χ4n) is 2.02. The van der Waals surface area contributed by atoms with E-state index in [1.165, 1.54) is 6.07 Å². The molecule has 30 heavy (non-hydrogen) atoms. The van der Waals surface area contributed by atoms with Gasteiger partial charge >= 0.3 is 18.4 Å². The van der Waals surface area contributed by atoms with Crippen LogP contribution in [0, 0.1) is 0 Å². The first kappa shape index (κ1) is 23.0. The van der Waals surface area contributed by atoms with E-state index in [2.05, 4.69) is 35.6 Å². The normalized spacial score (nSPS) is 11.7. The number of benzene rings is 1. The Labute approximate surface area is 166 Å². The summed E-state index contributed by atoms with van der Waals surface area (Å²) in [5.41, 5.74) is -1.03. The van der Waals surface area contributed by atoms with Crippen molar-refractivity contribution in [2.45, 2.75) is 19.3 Å². The van der Waals surface area contributed by atoms with Crippen molar-refractivity contribution in [3.8, 4) is 6.01 Å². The molecule has 1 aromatic carbocycles. The van der Waals surface area contributed by atoms with Crippen LogP contribution >= 0.6 is 0 Å². The second-order valence-electron chi connectivity index (χ2n) is 5.68. The Morgan fingerprint density at radius 2 is 1.77 bits per heavy atom.